The van der Waals surface area contributed by atoms with E-state index in [1.807, 2.05) is 31.2 Å². The summed E-state index contributed by atoms with van der Waals surface area (Å²) in [5.74, 6) is -1.72. The lowest BCUT2D eigenvalue weighted by Crippen LogP contribution is -2.94. The molecule has 2 aromatic rings. The molecular weight excluding hydrogens is 389 g/mol. The van der Waals surface area contributed by atoms with Crippen LogP contribution < -0.4 is 21.1 Å². The largest absolute Gasteiger partial charge is 0.544 e. The lowest BCUT2D eigenvalue weighted by atomic mass is 10.2. The summed E-state index contributed by atoms with van der Waals surface area (Å²) in [5, 5.41) is 19.4. The van der Waals surface area contributed by atoms with E-state index in [0.717, 1.165) is 11.3 Å². The van der Waals surface area contributed by atoms with Gasteiger partial charge in [-0.1, -0.05) is 35.3 Å². The first-order chi connectivity index (χ1) is 12.8. The molecule has 0 saturated carbocycles. The molecule has 0 heterocycles. The second-order valence-electron chi connectivity index (χ2n) is 6.13. The molecule has 1 atom stereocenters. The standard InChI is InChI=1S/C19H21Cl2N3O3/c1-12-3-2-4-13(9-12)22-7-8-23-17(19(26)27)11-18(25)24-14-5-6-15(20)16(21)10-14/h2-6,9-10,17,22-23H,7-8,11H2,1H3,(H,24,25)(H,26,27)/t17-/m0/s1. The van der Waals surface area contributed by atoms with Gasteiger partial charge in [0.1, 0.15) is 6.04 Å². The number of halogens is 2. The van der Waals surface area contributed by atoms with Gasteiger partial charge in [0, 0.05) is 11.4 Å². The van der Waals surface area contributed by atoms with Crippen molar-refractivity contribution >= 4 is 46.5 Å². The van der Waals surface area contributed by atoms with Gasteiger partial charge in [-0.15, -0.1) is 0 Å². The van der Waals surface area contributed by atoms with Crippen LogP contribution in [0.2, 0.25) is 10.0 Å². The first-order valence-electron chi connectivity index (χ1n) is 8.45. The fourth-order valence-corrected chi connectivity index (χ4v) is 2.80. The molecule has 1 amide bonds. The van der Waals surface area contributed by atoms with E-state index in [0.29, 0.717) is 28.8 Å². The summed E-state index contributed by atoms with van der Waals surface area (Å²) in [6, 6.07) is 11.6. The number of hydrogen-bond acceptors (Lipinski definition) is 4. The first kappa shape index (κ1) is 21.0. The lowest BCUT2D eigenvalue weighted by molar-refractivity contribution is -0.680. The number of carboxylic acids is 1. The summed E-state index contributed by atoms with van der Waals surface area (Å²) in [5.41, 5.74) is 2.55. The Balaban J connectivity index is 1.81. The Morgan fingerprint density at radius 1 is 1.11 bits per heavy atom. The molecule has 27 heavy (non-hydrogen) atoms. The molecule has 0 unspecified atom stereocenters. The minimum atomic E-state index is -1.28. The molecule has 6 nitrogen and oxygen atoms in total. The zero-order chi connectivity index (χ0) is 19.8. The molecule has 0 aliphatic heterocycles. The van der Waals surface area contributed by atoms with Crippen LogP contribution in [-0.4, -0.2) is 31.0 Å². The van der Waals surface area contributed by atoms with Gasteiger partial charge in [0.25, 0.3) is 0 Å². The van der Waals surface area contributed by atoms with E-state index in [4.69, 9.17) is 23.2 Å². The molecule has 2 aromatic carbocycles. The van der Waals surface area contributed by atoms with Gasteiger partial charge in [0.2, 0.25) is 5.91 Å². The fraction of sp³-hybridized carbons (Fsp3) is 0.263. The number of nitrogens with one attached hydrogen (secondary N) is 2. The quantitative estimate of drug-likeness (QED) is 0.545. The molecule has 0 spiro atoms. The van der Waals surface area contributed by atoms with E-state index in [1.54, 1.807) is 17.4 Å². The van der Waals surface area contributed by atoms with Crippen molar-refractivity contribution < 1.29 is 20.0 Å². The van der Waals surface area contributed by atoms with Crippen LogP contribution in [0.5, 0.6) is 0 Å². The van der Waals surface area contributed by atoms with Crippen LogP contribution in [0.15, 0.2) is 42.5 Å². The molecule has 0 saturated heterocycles. The van der Waals surface area contributed by atoms with Crippen molar-refractivity contribution in [2.45, 2.75) is 19.4 Å². The van der Waals surface area contributed by atoms with Crippen LogP contribution in [0.1, 0.15) is 12.0 Å². The molecular formula is C19H21Cl2N3O3. The SMILES string of the molecule is Cc1cccc(NCC[NH2+][C@@H](CC(=O)Nc2ccc(Cl)c(Cl)c2)C(=O)[O-])c1. The highest BCUT2D eigenvalue weighted by Gasteiger charge is 2.18. The Kier molecular flexibility index (Phi) is 7.91. The van der Waals surface area contributed by atoms with Crippen LogP contribution >= 0.6 is 23.2 Å². The Morgan fingerprint density at radius 2 is 1.89 bits per heavy atom. The average Bonchev–Trinajstić information content (AvgIpc) is 2.60. The highest BCUT2D eigenvalue weighted by Crippen LogP contribution is 2.25. The Morgan fingerprint density at radius 3 is 2.56 bits per heavy atom. The van der Waals surface area contributed by atoms with E-state index in [1.165, 1.54) is 6.07 Å². The highest BCUT2D eigenvalue weighted by molar-refractivity contribution is 6.42. The van der Waals surface area contributed by atoms with Gasteiger partial charge in [-0.25, -0.2) is 0 Å². The molecule has 2 rings (SSSR count). The van der Waals surface area contributed by atoms with E-state index in [2.05, 4.69) is 10.6 Å². The number of quaternary nitrogens is 1. The number of amides is 1. The number of hydrogen-bond donors (Lipinski definition) is 3. The lowest BCUT2D eigenvalue weighted by Gasteiger charge is -2.17. The van der Waals surface area contributed by atoms with E-state index in [9.17, 15) is 14.7 Å². The second-order valence-corrected chi connectivity index (χ2v) is 6.94. The first-order valence-corrected chi connectivity index (χ1v) is 9.20. The van der Waals surface area contributed by atoms with Gasteiger partial charge >= 0.3 is 0 Å². The van der Waals surface area contributed by atoms with Crippen LogP contribution in [0, 0.1) is 6.92 Å². The molecule has 0 aliphatic rings. The van der Waals surface area contributed by atoms with Crippen LogP contribution in [-0.2, 0) is 9.59 Å². The van der Waals surface area contributed by atoms with Gasteiger partial charge in [0.15, 0.2) is 0 Å². The Labute approximate surface area is 167 Å². The van der Waals surface area contributed by atoms with Crippen molar-refractivity contribution in [3.63, 3.8) is 0 Å². The predicted octanol–water partition coefficient (Wildman–Crippen LogP) is 1.42. The number of aryl methyl sites for hydroxylation is 1. The summed E-state index contributed by atoms with van der Waals surface area (Å²) in [6.07, 6.45) is -0.215. The minimum Gasteiger partial charge on any atom is -0.544 e. The average molecular weight is 410 g/mol. The Hall–Kier alpha value is -2.28. The van der Waals surface area contributed by atoms with Crippen LogP contribution in [0.3, 0.4) is 0 Å². The zero-order valence-corrected chi connectivity index (χ0v) is 16.3. The molecule has 4 N–H and O–H groups in total. The van der Waals surface area contributed by atoms with E-state index >= 15 is 0 Å². The maximum Gasteiger partial charge on any atom is 0.230 e. The molecule has 0 bridgehead atoms. The normalized spacial score (nSPS) is 11.7. The number of anilines is 2. The zero-order valence-electron chi connectivity index (χ0n) is 14.8. The van der Waals surface area contributed by atoms with Gasteiger partial charge in [0.05, 0.1) is 35.5 Å². The van der Waals surface area contributed by atoms with Gasteiger partial charge < -0.3 is 25.9 Å². The third-order valence-electron chi connectivity index (χ3n) is 3.85. The maximum atomic E-state index is 12.1. The molecule has 0 aromatic heterocycles. The molecule has 0 fully saturated rings. The second kappa shape index (κ2) is 10.2. The van der Waals surface area contributed by atoms with Crippen molar-refractivity contribution in [1.29, 1.82) is 0 Å². The molecule has 8 heteroatoms. The van der Waals surface area contributed by atoms with Crippen molar-refractivity contribution in [3.8, 4) is 0 Å². The number of benzene rings is 2. The van der Waals surface area contributed by atoms with Gasteiger partial charge in [-0.05, 0) is 42.8 Å². The molecule has 144 valence electrons. The highest BCUT2D eigenvalue weighted by atomic mass is 35.5. The summed E-state index contributed by atoms with van der Waals surface area (Å²) in [7, 11) is 0. The van der Waals surface area contributed by atoms with Gasteiger partial charge in [-0.2, -0.15) is 0 Å². The molecule has 0 radical (unpaired) electrons. The third kappa shape index (κ3) is 7.09. The smallest absolute Gasteiger partial charge is 0.230 e. The van der Waals surface area contributed by atoms with Crippen molar-refractivity contribution in [3.05, 3.63) is 58.1 Å². The van der Waals surface area contributed by atoms with Gasteiger partial charge in [-0.3, -0.25) is 4.79 Å². The summed E-state index contributed by atoms with van der Waals surface area (Å²) in [4.78, 5) is 23.4. The summed E-state index contributed by atoms with van der Waals surface area (Å²) < 4.78 is 0. The van der Waals surface area contributed by atoms with Crippen molar-refractivity contribution in [1.82, 2.24) is 0 Å². The molecule has 0 aliphatic carbocycles. The number of carboxylic acid groups (broad SMARTS) is 1. The number of carbonyl (C=O) groups is 2. The number of rotatable bonds is 9. The fourth-order valence-electron chi connectivity index (χ4n) is 2.50. The maximum absolute atomic E-state index is 12.1. The summed E-state index contributed by atoms with van der Waals surface area (Å²) in [6.45, 7) is 3.03. The number of carbonyl (C=O) groups excluding carboxylic acids is 2. The Bertz CT molecular complexity index is 815. The van der Waals surface area contributed by atoms with E-state index < -0.39 is 17.9 Å². The minimum absolute atomic E-state index is 0.215. The third-order valence-corrected chi connectivity index (χ3v) is 4.59. The van der Waals surface area contributed by atoms with Crippen molar-refractivity contribution in [2.24, 2.45) is 0 Å². The van der Waals surface area contributed by atoms with Crippen LogP contribution in [0.4, 0.5) is 11.4 Å². The topological polar surface area (TPSA) is 97.9 Å². The number of aliphatic carboxylic acids is 1. The predicted molar refractivity (Wildman–Crippen MR) is 105 cm³/mol. The summed E-state index contributed by atoms with van der Waals surface area (Å²) >= 11 is 11.7. The number of nitrogens with two attached hydrogens (primary N) is 1. The van der Waals surface area contributed by atoms with Crippen LogP contribution in [0.25, 0.3) is 0 Å². The monoisotopic (exact) mass is 409 g/mol. The van der Waals surface area contributed by atoms with E-state index in [-0.39, 0.29) is 6.42 Å². The van der Waals surface area contributed by atoms with Crippen molar-refractivity contribution in [2.75, 3.05) is 23.7 Å².